The van der Waals surface area contributed by atoms with Crippen molar-refractivity contribution in [3.05, 3.63) is 10.8 Å². The van der Waals surface area contributed by atoms with Gasteiger partial charge in [-0.3, -0.25) is 0 Å². The summed E-state index contributed by atoms with van der Waals surface area (Å²) in [6.45, 7) is 1.06. The summed E-state index contributed by atoms with van der Waals surface area (Å²) in [4.78, 5) is 9.02. The van der Waals surface area contributed by atoms with Crippen molar-refractivity contribution in [3.63, 3.8) is 0 Å². The van der Waals surface area contributed by atoms with E-state index < -0.39 is 12.7 Å². The third-order valence-corrected chi connectivity index (χ3v) is 2.90. The summed E-state index contributed by atoms with van der Waals surface area (Å²) in [6.07, 6.45) is -2.42. The predicted molar refractivity (Wildman–Crippen MR) is 67.8 cm³/mol. The van der Waals surface area contributed by atoms with Crippen molar-refractivity contribution in [2.75, 3.05) is 30.4 Å². The first-order valence-corrected chi connectivity index (χ1v) is 6.18. The SMILES string of the molecule is CCCN(CC(F)(F)F)c1ncnc(NC)c1Br. The summed E-state index contributed by atoms with van der Waals surface area (Å²) in [5.74, 6) is 0.705. The molecule has 0 saturated heterocycles. The van der Waals surface area contributed by atoms with E-state index in [1.165, 1.54) is 11.2 Å². The third-order valence-electron chi connectivity index (χ3n) is 2.17. The minimum atomic E-state index is -4.26. The fourth-order valence-electron chi connectivity index (χ4n) is 1.50. The van der Waals surface area contributed by atoms with Crippen molar-refractivity contribution in [1.29, 1.82) is 0 Å². The van der Waals surface area contributed by atoms with E-state index in [0.717, 1.165) is 0 Å². The Bertz CT molecular complexity index is 397. The maximum Gasteiger partial charge on any atom is 0.405 e. The Labute approximate surface area is 112 Å². The fraction of sp³-hybridized carbons (Fsp3) is 0.600. The second-order valence-electron chi connectivity index (χ2n) is 3.65. The topological polar surface area (TPSA) is 41.1 Å². The molecule has 0 atom stereocenters. The van der Waals surface area contributed by atoms with Crippen LogP contribution in [0.4, 0.5) is 24.8 Å². The van der Waals surface area contributed by atoms with E-state index in [9.17, 15) is 13.2 Å². The minimum absolute atomic E-state index is 0.244. The van der Waals surface area contributed by atoms with Crippen LogP contribution in [0.3, 0.4) is 0 Å². The number of rotatable bonds is 5. The Balaban J connectivity index is 3.05. The summed E-state index contributed by atoms with van der Waals surface area (Å²) in [5.41, 5.74) is 0. The molecule has 0 unspecified atom stereocenters. The summed E-state index contributed by atoms with van der Waals surface area (Å²) < 4.78 is 38.0. The molecule has 1 aromatic heterocycles. The van der Waals surface area contributed by atoms with Gasteiger partial charge in [-0.15, -0.1) is 0 Å². The van der Waals surface area contributed by atoms with E-state index in [4.69, 9.17) is 0 Å². The average Bonchev–Trinajstić information content (AvgIpc) is 2.27. The maximum absolute atomic E-state index is 12.5. The zero-order valence-corrected chi connectivity index (χ0v) is 11.6. The third kappa shape index (κ3) is 4.01. The highest BCUT2D eigenvalue weighted by molar-refractivity contribution is 9.10. The molecular formula is C10H14BrF3N4. The van der Waals surface area contributed by atoms with Gasteiger partial charge in [0.1, 0.15) is 29.0 Å². The standard InChI is InChI=1S/C10H14BrF3N4/c1-3-4-18(5-10(12,13)14)9-7(11)8(15-2)16-6-17-9/h6H,3-5H2,1-2H3,(H,15,16,17). The van der Waals surface area contributed by atoms with E-state index in [0.29, 0.717) is 16.7 Å². The van der Waals surface area contributed by atoms with Crippen molar-refractivity contribution in [2.24, 2.45) is 0 Å². The number of halogens is 4. The molecule has 0 amide bonds. The molecule has 1 rings (SSSR count). The smallest absolute Gasteiger partial charge is 0.372 e. The first-order valence-electron chi connectivity index (χ1n) is 5.39. The van der Waals surface area contributed by atoms with Crippen LogP contribution < -0.4 is 10.2 Å². The largest absolute Gasteiger partial charge is 0.405 e. The zero-order chi connectivity index (χ0) is 13.8. The molecule has 8 heteroatoms. The lowest BCUT2D eigenvalue weighted by atomic mass is 10.3. The predicted octanol–water partition coefficient (Wildman–Crippen LogP) is 3.06. The Morgan fingerprint density at radius 1 is 1.39 bits per heavy atom. The molecule has 1 aromatic rings. The number of nitrogens with one attached hydrogen (secondary N) is 1. The lowest BCUT2D eigenvalue weighted by Crippen LogP contribution is -2.35. The molecule has 0 aliphatic rings. The van der Waals surface area contributed by atoms with Crippen molar-refractivity contribution in [3.8, 4) is 0 Å². The molecule has 0 saturated carbocycles. The van der Waals surface area contributed by atoms with Gasteiger partial charge in [0.15, 0.2) is 0 Å². The molecule has 0 aromatic carbocycles. The van der Waals surface area contributed by atoms with Gasteiger partial charge in [-0.05, 0) is 22.4 Å². The monoisotopic (exact) mass is 326 g/mol. The second-order valence-corrected chi connectivity index (χ2v) is 4.44. The van der Waals surface area contributed by atoms with E-state index in [2.05, 4.69) is 31.2 Å². The van der Waals surface area contributed by atoms with Crippen LogP contribution in [0.15, 0.2) is 10.8 Å². The van der Waals surface area contributed by atoms with E-state index >= 15 is 0 Å². The molecule has 0 fully saturated rings. The molecule has 1 N–H and O–H groups in total. The molecule has 18 heavy (non-hydrogen) atoms. The highest BCUT2D eigenvalue weighted by Gasteiger charge is 2.32. The normalized spacial score (nSPS) is 11.4. The van der Waals surface area contributed by atoms with Crippen LogP contribution in [0.1, 0.15) is 13.3 Å². The van der Waals surface area contributed by atoms with Gasteiger partial charge < -0.3 is 10.2 Å². The second kappa shape index (κ2) is 6.21. The number of aromatic nitrogens is 2. The average molecular weight is 327 g/mol. The van der Waals surface area contributed by atoms with Crippen molar-refractivity contribution >= 4 is 27.6 Å². The Hall–Kier alpha value is -1.05. The Morgan fingerprint density at radius 2 is 2.06 bits per heavy atom. The number of nitrogens with zero attached hydrogens (tertiary/aromatic N) is 3. The molecular weight excluding hydrogens is 313 g/mol. The molecule has 0 radical (unpaired) electrons. The maximum atomic E-state index is 12.5. The molecule has 102 valence electrons. The van der Waals surface area contributed by atoms with Crippen molar-refractivity contribution < 1.29 is 13.2 Å². The first kappa shape index (κ1) is 15.0. The minimum Gasteiger partial charge on any atom is -0.372 e. The molecule has 0 aliphatic heterocycles. The first-order chi connectivity index (χ1) is 8.39. The number of hydrogen-bond donors (Lipinski definition) is 1. The molecule has 0 spiro atoms. The lowest BCUT2D eigenvalue weighted by Gasteiger charge is -2.25. The van der Waals surface area contributed by atoms with Crippen LogP contribution in [0.2, 0.25) is 0 Å². The van der Waals surface area contributed by atoms with Crippen LogP contribution in [0.25, 0.3) is 0 Å². The summed E-state index contributed by atoms with van der Waals surface area (Å²) in [7, 11) is 1.64. The Kier molecular flexibility index (Phi) is 5.18. The van der Waals surface area contributed by atoms with Crippen molar-refractivity contribution in [2.45, 2.75) is 19.5 Å². The molecule has 4 nitrogen and oxygen atoms in total. The van der Waals surface area contributed by atoms with Gasteiger partial charge in [0, 0.05) is 13.6 Å². The van der Waals surface area contributed by atoms with E-state index in [-0.39, 0.29) is 12.4 Å². The van der Waals surface area contributed by atoms with Crippen LogP contribution in [-0.2, 0) is 0 Å². The van der Waals surface area contributed by atoms with Crippen molar-refractivity contribution in [1.82, 2.24) is 9.97 Å². The number of hydrogen-bond acceptors (Lipinski definition) is 4. The van der Waals surface area contributed by atoms with E-state index in [1.54, 1.807) is 7.05 Å². The van der Waals surface area contributed by atoms with Gasteiger partial charge in [-0.1, -0.05) is 6.92 Å². The van der Waals surface area contributed by atoms with E-state index in [1.807, 2.05) is 6.92 Å². The van der Waals surface area contributed by atoms with Crippen LogP contribution >= 0.6 is 15.9 Å². The van der Waals surface area contributed by atoms with Gasteiger partial charge in [-0.2, -0.15) is 13.2 Å². The summed E-state index contributed by atoms with van der Waals surface area (Å²) in [6, 6.07) is 0. The summed E-state index contributed by atoms with van der Waals surface area (Å²) in [5, 5.41) is 2.79. The van der Waals surface area contributed by atoms with Crippen LogP contribution in [0.5, 0.6) is 0 Å². The highest BCUT2D eigenvalue weighted by Crippen LogP contribution is 2.31. The lowest BCUT2D eigenvalue weighted by molar-refractivity contribution is -0.119. The summed E-state index contributed by atoms with van der Waals surface area (Å²) >= 11 is 3.22. The van der Waals surface area contributed by atoms with Gasteiger partial charge in [0.25, 0.3) is 0 Å². The van der Waals surface area contributed by atoms with Gasteiger partial charge in [0.05, 0.1) is 0 Å². The quantitative estimate of drug-likeness (QED) is 0.902. The molecule has 0 bridgehead atoms. The van der Waals surface area contributed by atoms with Gasteiger partial charge in [-0.25, -0.2) is 9.97 Å². The zero-order valence-electron chi connectivity index (χ0n) is 10.1. The highest BCUT2D eigenvalue weighted by atomic mass is 79.9. The number of anilines is 2. The molecule has 1 heterocycles. The van der Waals surface area contributed by atoms with Crippen LogP contribution in [-0.4, -0.2) is 36.3 Å². The Morgan fingerprint density at radius 3 is 2.56 bits per heavy atom. The fourth-order valence-corrected chi connectivity index (χ4v) is 2.16. The molecule has 0 aliphatic carbocycles. The number of alkyl halides is 3. The van der Waals surface area contributed by atoms with Crippen LogP contribution in [0, 0.1) is 0 Å². The van der Waals surface area contributed by atoms with Gasteiger partial charge in [0.2, 0.25) is 0 Å². The van der Waals surface area contributed by atoms with Gasteiger partial charge >= 0.3 is 6.18 Å².